The van der Waals surface area contributed by atoms with Gasteiger partial charge in [0, 0.05) is 25.2 Å². The average Bonchev–Trinajstić information content (AvgIpc) is 2.91. The van der Waals surface area contributed by atoms with Crippen molar-refractivity contribution in [2.75, 3.05) is 24.2 Å². The van der Waals surface area contributed by atoms with E-state index in [2.05, 4.69) is 20.2 Å². The summed E-state index contributed by atoms with van der Waals surface area (Å²) in [7, 11) is 0. The Kier molecular flexibility index (Phi) is 5.97. The van der Waals surface area contributed by atoms with E-state index in [-0.39, 0.29) is 6.04 Å². The number of hydrogen-bond donors (Lipinski definition) is 1. The molecule has 1 fully saturated rings. The number of anilines is 1. The molecule has 1 aliphatic heterocycles. The standard InChI is InChI=1S/C15H23ClN4O2S/c1-15(2,3)22-14(21)17-9-10-6-5-7-20(10)12-8-11(16)18-13(19-12)23-4/h8,10H,5-7,9H2,1-4H3,(H,17,21). The Hall–Kier alpha value is -1.21. The zero-order valence-electron chi connectivity index (χ0n) is 13.9. The van der Waals surface area contributed by atoms with Crippen LogP contribution < -0.4 is 10.2 Å². The minimum atomic E-state index is -0.493. The van der Waals surface area contributed by atoms with Crippen LogP contribution in [0.3, 0.4) is 0 Å². The van der Waals surface area contributed by atoms with E-state index in [0.717, 1.165) is 25.2 Å². The molecule has 0 aromatic carbocycles. The van der Waals surface area contributed by atoms with E-state index in [1.165, 1.54) is 11.8 Å². The number of carbonyl (C=O) groups is 1. The number of ether oxygens (including phenoxy) is 1. The minimum Gasteiger partial charge on any atom is -0.444 e. The second-order valence-electron chi connectivity index (χ2n) is 6.41. The third kappa shape index (κ3) is 5.42. The number of halogens is 1. The number of carbonyl (C=O) groups excluding carboxylic acids is 1. The first-order valence-corrected chi connectivity index (χ1v) is 9.21. The molecule has 6 nitrogen and oxygen atoms in total. The van der Waals surface area contributed by atoms with Crippen LogP contribution in [-0.2, 0) is 4.74 Å². The number of alkyl carbamates (subject to hydrolysis) is 1. The molecule has 1 aromatic rings. The summed E-state index contributed by atoms with van der Waals surface area (Å²) in [6, 6.07) is 1.95. The van der Waals surface area contributed by atoms with Crippen LogP contribution in [0.4, 0.5) is 10.6 Å². The number of nitrogens with one attached hydrogen (secondary N) is 1. The van der Waals surface area contributed by atoms with Crippen LogP contribution in [-0.4, -0.2) is 47.0 Å². The van der Waals surface area contributed by atoms with Crippen LogP contribution >= 0.6 is 23.4 Å². The Morgan fingerprint density at radius 1 is 1.52 bits per heavy atom. The maximum atomic E-state index is 11.8. The van der Waals surface area contributed by atoms with E-state index in [9.17, 15) is 4.79 Å². The molecule has 1 unspecified atom stereocenters. The number of rotatable bonds is 4. The first-order valence-electron chi connectivity index (χ1n) is 7.60. The van der Waals surface area contributed by atoms with Crippen molar-refractivity contribution in [2.45, 2.75) is 50.4 Å². The van der Waals surface area contributed by atoms with Gasteiger partial charge in [0.05, 0.1) is 0 Å². The predicted octanol–water partition coefficient (Wildman–Crippen LogP) is 3.35. The SMILES string of the molecule is CSc1nc(Cl)cc(N2CCCC2CNC(=O)OC(C)(C)C)n1. The number of hydrogen-bond acceptors (Lipinski definition) is 6. The zero-order valence-corrected chi connectivity index (χ0v) is 15.5. The highest BCUT2D eigenvalue weighted by molar-refractivity contribution is 7.98. The van der Waals surface area contributed by atoms with Gasteiger partial charge in [-0.05, 0) is 39.9 Å². The Bertz CT molecular complexity index is 565. The van der Waals surface area contributed by atoms with Crippen LogP contribution in [0, 0.1) is 0 Å². The third-order valence-corrected chi connectivity index (χ3v) is 4.14. The van der Waals surface area contributed by atoms with Crippen LogP contribution in [0.25, 0.3) is 0 Å². The van der Waals surface area contributed by atoms with Crippen molar-refractivity contribution in [1.82, 2.24) is 15.3 Å². The Morgan fingerprint density at radius 3 is 2.91 bits per heavy atom. The fraction of sp³-hybridized carbons (Fsp3) is 0.667. The van der Waals surface area contributed by atoms with Crippen molar-refractivity contribution in [3.8, 4) is 0 Å². The average molecular weight is 359 g/mol. The predicted molar refractivity (Wildman–Crippen MR) is 93.4 cm³/mol. The highest BCUT2D eigenvalue weighted by Crippen LogP contribution is 2.27. The van der Waals surface area contributed by atoms with E-state index in [0.29, 0.717) is 16.9 Å². The molecule has 23 heavy (non-hydrogen) atoms. The smallest absolute Gasteiger partial charge is 0.407 e. The summed E-state index contributed by atoms with van der Waals surface area (Å²) in [5, 5.41) is 3.93. The lowest BCUT2D eigenvalue weighted by atomic mass is 10.2. The molecule has 1 aliphatic rings. The first kappa shape index (κ1) is 18.1. The topological polar surface area (TPSA) is 67.4 Å². The van der Waals surface area contributed by atoms with Crippen LogP contribution in [0.15, 0.2) is 11.2 Å². The van der Waals surface area contributed by atoms with Gasteiger partial charge in [-0.2, -0.15) is 0 Å². The summed E-state index contributed by atoms with van der Waals surface area (Å²) in [5.41, 5.74) is -0.493. The van der Waals surface area contributed by atoms with Gasteiger partial charge in [0.15, 0.2) is 5.16 Å². The van der Waals surface area contributed by atoms with Gasteiger partial charge in [-0.1, -0.05) is 23.4 Å². The highest BCUT2D eigenvalue weighted by atomic mass is 35.5. The first-order chi connectivity index (χ1) is 10.8. The molecule has 1 amide bonds. The van der Waals surface area contributed by atoms with E-state index >= 15 is 0 Å². The molecule has 0 spiro atoms. The molecule has 0 saturated carbocycles. The quantitative estimate of drug-likeness (QED) is 0.505. The van der Waals surface area contributed by atoms with Crippen molar-refractivity contribution >= 4 is 35.3 Å². The summed E-state index contributed by atoms with van der Waals surface area (Å²) in [4.78, 5) is 22.7. The van der Waals surface area contributed by atoms with Gasteiger partial charge >= 0.3 is 6.09 Å². The van der Waals surface area contributed by atoms with E-state index in [4.69, 9.17) is 16.3 Å². The molecule has 2 rings (SSSR count). The second kappa shape index (κ2) is 7.57. The molecule has 8 heteroatoms. The number of aromatic nitrogens is 2. The molecule has 1 N–H and O–H groups in total. The number of thioether (sulfide) groups is 1. The fourth-order valence-electron chi connectivity index (χ4n) is 2.49. The lowest BCUT2D eigenvalue weighted by Crippen LogP contribution is -2.42. The molecule has 1 atom stereocenters. The van der Waals surface area contributed by atoms with Gasteiger partial charge in [0.2, 0.25) is 0 Å². The lowest BCUT2D eigenvalue weighted by molar-refractivity contribution is 0.0525. The van der Waals surface area contributed by atoms with Gasteiger partial charge in [0.1, 0.15) is 16.6 Å². The maximum absolute atomic E-state index is 11.8. The van der Waals surface area contributed by atoms with Gasteiger partial charge in [-0.3, -0.25) is 0 Å². The zero-order chi connectivity index (χ0) is 17.0. The summed E-state index contributed by atoms with van der Waals surface area (Å²) < 4.78 is 5.28. The second-order valence-corrected chi connectivity index (χ2v) is 7.57. The van der Waals surface area contributed by atoms with Crippen LogP contribution in [0.1, 0.15) is 33.6 Å². The Labute approximate surface area is 146 Å². The highest BCUT2D eigenvalue weighted by Gasteiger charge is 2.27. The van der Waals surface area contributed by atoms with Crippen molar-refractivity contribution in [1.29, 1.82) is 0 Å². The molecule has 0 aliphatic carbocycles. The lowest BCUT2D eigenvalue weighted by Gasteiger charge is -2.27. The third-order valence-electron chi connectivity index (χ3n) is 3.40. The van der Waals surface area contributed by atoms with Gasteiger partial charge < -0.3 is 15.0 Å². The number of amides is 1. The normalized spacial score (nSPS) is 18.1. The molecule has 0 bridgehead atoms. The van der Waals surface area contributed by atoms with Gasteiger partial charge in [-0.25, -0.2) is 14.8 Å². The Balaban J connectivity index is 2.00. The summed E-state index contributed by atoms with van der Waals surface area (Å²) in [5.74, 6) is 0.808. The molecule has 128 valence electrons. The van der Waals surface area contributed by atoms with Crippen LogP contribution in [0.5, 0.6) is 0 Å². The van der Waals surface area contributed by atoms with Gasteiger partial charge in [0.25, 0.3) is 0 Å². The molecule has 1 aromatic heterocycles. The monoisotopic (exact) mass is 358 g/mol. The molecule has 1 saturated heterocycles. The van der Waals surface area contributed by atoms with E-state index in [1.54, 1.807) is 6.07 Å². The molecular formula is C15H23ClN4O2S. The van der Waals surface area contributed by atoms with Crippen LogP contribution in [0.2, 0.25) is 5.15 Å². The van der Waals surface area contributed by atoms with E-state index in [1.807, 2.05) is 27.0 Å². The van der Waals surface area contributed by atoms with Crippen molar-refractivity contribution in [2.24, 2.45) is 0 Å². The largest absolute Gasteiger partial charge is 0.444 e. The maximum Gasteiger partial charge on any atom is 0.407 e. The summed E-state index contributed by atoms with van der Waals surface area (Å²) in [6.45, 7) is 6.96. The molecule has 2 heterocycles. The summed E-state index contributed by atoms with van der Waals surface area (Å²) >= 11 is 7.53. The minimum absolute atomic E-state index is 0.184. The molecular weight excluding hydrogens is 336 g/mol. The van der Waals surface area contributed by atoms with Crippen molar-refractivity contribution in [3.05, 3.63) is 11.2 Å². The number of nitrogens with zero attached hydrogens (tertiary/aromatic N) is 3. The van der Waals surface area contributed by atoms with Gasteiger partial charge in [-0.15, -0.1) is 0 Å². The van der Waals surface area contributed by atoms with E-state index < -0.39 is 11.7 Å². The summed E-state index contributed by atoms with van der Waals surface area (Å²) in [6.07, 6.45) is 3.57. The van der Waals surface area contributed by atoms with Crippen molar-refractivity contribution in [3.63, 3.8) is 0 Å². The Morgan fingerprint density at radius 2 is 2.26 bits per heavy atom. The molecule has 0 radical (unpaired) electrons. The fourth-order valence-corrected chi connectivity index (χ4v) is 3.09. The van der Waals surface area contributed by atoms with Crippen molar-refractivity contribution < 1.29 is 9.53 Å².